The number of carbonyl (C=O) groups excluding carboxylic acids is 5. The fraction of sp³-hybridized carbons (Fsp3) is 0.500. The van der Waals surface area contributed by atoms with Gasteiger partial charge in [-0.05, 0) is 19.8 Å². The SMILES string of the molecule is C=C(C)C(=O)N(C(=O)CNC(=O)[C@H](CCCN=C(N)N)NC(=O)CNC(=O)CN)[C@@H](CC(=O)O)C(=O)O. The molecule has 5 amide bonds. The Morgan fingerprint density at radius 3 is 2.11 bits per heavy atom. The molecule has 0 spiro atoms. The average molecular weight is 529 g/mol. The van der Waals surface area contributed by atoms with Crippen molar-refractivity contribution in [3.8, 4) is 0 Å². The Bertz CT molecular complexity index is 946. The van der Waals surface area contributed by atoms with Gasteiger partial charge in [-0.15, -0.1) is 0 Å². The Balaban J connectivity index is 5.57. The molecule has 0 aromatic heterocycles. The summed E-state index contributed by atoms with van der Waals surface area (Å²) in [6.45, 7) is 2.85. The van der Waals surface area contributed by atoms with E-state index in [9.17, 15) is 38.7 Å². The van der Waals surface area contributed by atoms with Gasteiger partial charge in [-0.3, -0.25) is 38.7 Å². The monoisotopic (exact) mass is 528 g/mol. The second-order valence-corrected chi connectivity index (χ2v) is 7.57. The highest BCUT2D eigenvalue weighted by Gasteiger charge is 2.36. The molecule has 17 heteroatoms. The summed E-state index contributed by atoms with van der Waals surface area (Å²) in [6, 6.07) is -3.31. The van der Waals surface area contributed by atoms with Crippen LogP contribution in [0.1, 0.15) is 26.2 Å². The van der Waals surface area contributed by atoms with Gasteiger partial charge in [0, 0.05) is 12.1 Å². The number of nitrogens with zero attached hydrogens (tertiary/aromatic N) is 2. The number of hydrogen-bond donors (Lipinski definition) is 8. The lowest BCUT2D eigenvalue weighted by Gasteiger charge is -2.27. The molecule has 2 atom stereocenters. The maximum absolute atomic E-state index is 12.7. The minimum atomic E-state index is -2.06. The molecule has 37 heavy (non-hydrogen) atoms. The molecule has 11 N–H and O–H groups in total. The summed E-state index contributed by atoms with van der Waals surface area (Å²) in [5, 5.41) is 25.1. The Hall–Kier alpha value is -4.54. The highest BCUT2D eigenvalue weighted by Crippen LogP contribution is 2.11. The molecule has 0 bridgehead atoms. The van der Waals surface area contributed by atoms with Gasteiger partial charge in [0.25, 0.3) is 5.91 Å². The molecule has 0 fully saturated rings. The number of nitrogens with two attached hydrogens (primary N) is 3. The van der Waals surface area contributed by atoms with E-state index in [0.717, 1.165) is 0 Å². The molecule has 0 heterocycles. The van der Waals surface area contributed by atoms with Crippen LogP contribution in [0.25, 0.3) is 0 Å². The lowest BCUT2D eigenvalue weighted by molar-refractivity contribution is -0.159. The van der Waals surface area contributed by atoms with Crippen molar-refractivity contribution < 1.29 is 43.8 Å². The first-order valence-corrected chi connectivity index (χ1v) is 10.8. The minimum Gasteiger partial charge on any atom is -0.481 e. The largest absolute Gasteiger partial charge is 0.481 e. The summed E-state index contributed by atoms with van der Waals surface area (Å²) in [6.07, 6.45) is -0.899. The first-order valence-electron chi connectivity index (χ1n) is 10.8. The topological polar surface area (TPSA) is 290 Å². The zero-order chi connectivity index (χ0) is 28.7. The van der Waals surface area contributed by atoms with E-state index >= 15 is 0 Å². The maximum atomic E-state index is 12.7. The van der Waals surface area contributed by atoms with Crippen molar-refractivity contribution in [1.82, 2.24) is 20.9 Å². The number of nitrogens with one attached hydrogen (secondary N) is 3. The predicted molar refractivity (Wildman–Crippen MR) is 127 cm³/mol. The lowest BCUT2D eigenvalue weighted by atomic mass is 10.1. The number of carbonyl (C=O) groups is 7. The van der Waals surface area contributed by atoms with Gasteiger partial charge in [-0.1, -0.05) is 6.58 Å². The molecular weight excluding hydrogens is 496 g/mol. The van der Waals surface area contributed by atoms with Crippen LogP contribution in [0.2, 0.25) is 0 Å². The number of guanidine groups is 1. The number of imide groups is 1. The van der Waals surface area contributed by atoms with Crippen LogP contribution in [0.4, 0.5) is 0 Å². The van der Waals surface area contributed by atoms with Gasteiger partial charge >= 0.3 is 11.9 Å². The standard InChI is InChI=1S/C20H32N8O9/c1-10(2)18(35)28(12(19(36)37)6-16(32)33)15(31)9-26-17(34)11(4-3-5-24-20(22)23)27-14(30)8-25-13(29)7-21/h11-12H,1,3-9,21H2,2H3,(H,25,29)(H,26,34)(H,27,30)(H,32,33)(H,36,37)(H4,22,23,24)/t11-,12-/m0/s1. The Morgan fingerprint density at radius 2 is 1.62 bits per heavy atom. The van der Waals surface area contributed by atoms with E-state index in [4.69, 9.17) is 22.3 Å². The second kappa shape index (κ2) is 16.2. The number of carboxylic acid groups (broad SMARTS) is 2. The van der Waals surface area contributed by atoms with Crippen LogP contribution >= 0.6 is 0 Å². The van der Waals surface area contributed by atoms with E-state index in [1.165, 1.54) is 6.92 Å². The van der Waals surface area contributed by atoms with E-state index in [2.05, 4.69) is 27.5 Å². The van der Waals surface area contributed by atoms with E-state index in [-0.39, 0.29) is 42.4 Å². The van der Waals surface area contributed by atoms with Gasteiger partial charge in [-0.2, -0.15) is 0 Å². The van der Waals surface area contributed by atoms with Crippen LogP contribution in [0, 0.1) is 0 Å². The number of aliphatic imine (C=N–C) groups is 1. The van der Waals surface area contributed by atoms with Crippen LogP contribution in [0.15, 0.2) is 17.1 Å². The molecule has 0 saturated carbocycles. The van der Waals surface area contributed by atoms with Crippen LogP contribution in [-0.4, -0.2) is 101 Å². The quantitative estimate of drug-likeness (QED) is 0.0407. The Kier molecular flexibility index (Phi) is 14.2. The van der Waals surface area contributed by atoms with Crippen molar-refractivity contribution in [2.24, 2.45) is 22.2 Å². The van der Waals surface area contributed by atoms with E-state index in [0.29, 0.717) is 0 Å². The molecule has 0 unspecified atom stereocenters. The Morgan fingerprint density at radius 1 is 1.00 bits per heavy atom. The molecule has 0 aliphatic heterocycles. The third-order valence-corrected chi connectivity index (χ3v) is 4.46. The van der Waals surface area contributed by atoms with Crippen molar-refractivity contribution >= 4 is 47.4 Å². The van der Waals surface area contributed by atoms with Crippen molar-refractivity contribution in [2.45, 2.75) is 38.3 Å². The van der Waals surface area contributed by atoms with E-state index in [1.54, 1.807) is 0 Å². The molecule has 0 aromatic carbocycles. The zero-order valence-electron chi connectivity index (χ0n) is 20.2. The molecule has 0 rings (SSSR count). The van der Waals surface area contributed by atoms with Crippen molar-refractivity contribution in [2.75, 3.05) is 26.2 Å². The fourth-order valence-electron chi connectivity index (χ4n) is 2.73. The van der Waals surface area contributed by atoms with Crippen LogP contribution in [0.5, 0.6) is 0 Å². The number of rotatable bonds is 16. The van der Waals surface area contributed by atoms with Gasteiger partial charge < -0.3 is 43.4 Å². The molecule has 0 saturated heterocycles. The van der Waals surface area contributed by atoms with Gasteiger partial charge in [0.15, 0.2) is 5.96 Å². The number of hydrogen-bond acceptors (Lipinski definition) is 9. The smallest absolute Gasteiger partial charge is 0.327 e. The summed E-state index contributed by atoms with van der Waals surface area (Å²) in [5.41, 5.74) is 15.4. The predicted octanol–water partition coefficient (Wildman–Crippen LogP) is -4.42. The van der Waals surface area contributed by atoms with Crippen molar-refractivity contribution in [1.29, 1.82) is 0 Å². The molecular formula is C20H32N8O9. The van der Waals surface area contributed by atoms with E-state index in [1.807, 2.05) is 0 Å². The van der Waals surface area contributed by atoms with Crippen LogP contribution < -0.4 is 33.2 Å². The molecule has 206 valence electrons. The summed E-state index contributed by atoms with van der Waals surface area (Å²) in [5.74, 6) is -8.20. The average Bonchev–Trinajstić information content (AvgIpc) is 2.81. The number of aliphatic carboxylic acids is 2. The first kappa shape index (κ1) is 32.5. The normalized spacial score (nSPS) is 11.7. The molecule has 0 aromatic rings. The van der Waals surface area contributed by atoms with Crippen LogP contribution in [0.3, 0.4) is 0 Å². The fourth-order valence-corrected chi connectivity index (χ4v) is 2.73. The molecule has 0 radical (unpaired) electrons. The summed E-state index contributed by atoms with van der Waals surface area (Å²) in [7, 11) is 0. The summed E-state index contributed by atoms with van der Waals surface area (Å²) < 4.78 is 0. The van der Waals surface area contributed by atoms with Gasteiger partial charge in [0.1, 0.15) is 12.1 Å². The van der Waals surface area contributed by atoms with Gasteiger partial charge in [-0.25, -0.2) is 4.79 Å². The number of amides is 5. The summed E-state index contributed by atoms with van der Waals surface area (Å²) in [4.78, 5) is 87.8. The molecule has 0 aliphatic rings. The van der Waals surface area contributed by atoms with E-state index < -0.39 is 73.1 Å². The minimum absolute atomic E-state index is 0.0153. The van der Waals surface area contributed by atoms with Gasteiger partial charge in [0.2, 0.25) is 23.6 Å². The lowest BCUT2D eigenvalue weighted by Crippen LogP contribution is -2.55. The summed E-state index contributed by atoms with van der Waals surface area (Å²) >= 11 is 0. The first-order chi connectivity index (χ1) is 17.2. The van der Waals surface area contributed by atoms with Crippen molar-refractivity contribution in [3.63, 3.8) is 0 Å². The number of carboxylic acids is 2. The highest BCUT2D eigenvalue weighted by atomic mass is 16.4. The third-order valence-electron chi connectivity index (χ3n) is 4.46. The molecule has 17 nitrogen and oxygen atoms in total. The highest BCUT2D eigenvalue weighted by molar-refractivity contribution is 6.07. The maximum Gasteiger partial charge on any atom is 0.327 e. The molecule has 0 aliphatic carbocycles. The van der Waals surface area contributed by atoms with Crippen LogP contribution in [-0.2, 0) is 33.6 Å². The third kappa shape index (κ3) is 12.6. The second-order valence-electron chi connectivity index (χ2n) is 7.57. The van der Waals surface area contributed by atoms with Crippen molar-refractivity contribution in [3.05, 3.63) is 12.2 Å². The Labute approximate surface area is 211 Å². The zero-order valence-corrected chi connectivity index (χ0v) is 20.2. The van der Waals surface area contributed by atoms with Gasteiger partial charge in [0.05, 0.1) is 26.1 Å².